The first-order chi connectivity index (χ1) is 14.0. The maximum absolute atomic E-state index is 15.6. The zero-order valence-corrected chi connectivity index (χ0v) is 15.3. The Balaban J connectivity index is 1.66. The fourth-order valence-corrected chi connectivity index (χ4v) is 4.09. The Kier molecular flexibility index (Phi) is 3.90. The van der Waals surface area contributed by atoms with Crippen LogP contribution in [0.4, 0.5) is 14.5 Å². The van der Waals surface area contributed by atoms with Crippen LogP contribution in [-0.4, -0.2) is 43.7 Å². The van der Waals surface area contributed by atoms with E-state index in [4.69, 9.17) is 0 Å². The fourth-order valence-electron chi connectivity index (χ4n) is 4.09. The molecule has 1 unspecified atom stereocenters. The van der Waals surface area contributed by atoms with Gasteiger partial charge >= 0.3 is 5.97 Å². The minimum Gasteiger partial charge on any atom is -0.477 e. The van der Waals surface area contributed by atoms with Gasteiger partial charge in [-0.3, -0.25) is 4.79 Å². The molecule has 1 aliphatic carbocycles. The summed E-state index contributed by atoms with van der Waals surface area (Å²) in [5, 5.41) is 16.8. The number of rotatable bonds is 4. The summed E-state index contributed by atoms with van der Waals surface area (Å²) in [5.41, 5.74) is -1.60. The first kappa shape index (κ1) is 17.8. The lowest BCUT2D eigenvalue weighted by atomic mass is 10.1. The summed E-state index contributed by atoms with van der Waals surface area (Å²) < 4.78 is 33.7. The third kappa shape index (κ3) is 2.78. The van der Waals surface area contributed by atoms with Crippen molar-refractivity contribution in [2.45, 2.75) is 31.3 Å². The standard InChI is InChI=1S/C19H17F2N5O3/c20-14-7-12-16(25(10-1-2-10)9-13(18(12)27)19(28)29)15(21)17(14)24-5-3-11(8-24)26-6-4-22-23-26/h4,6-7,9-11H,1-3,5,8H2,(H,28,29). The van der Waals surface area contributed by atoms with Gasteiger partial charge in [-0.2, -0.15) is 0 Å². The van der Waals surface area contributed by atoms with Crippen LogP contribution >= 0.6 is 0 Å². The summed E-state index contributed by atoms with van der Waals surface area (Å²) in [6, 6.07) is 0.807. The molecule has 2 aliphatic rings. The average molecular weight is 401 g/mol. The number of carbonyl (C=O) groups is 1. The predicted octanol–water partition coefficient (Wildman–Crippen LogP) is 2.36. The van der Waals surface area contributed by atoms with Gasteiger partial charge in [-0.1, -0.05) is 5.21 Å². The minimum absolute atomic E-state index is 0.0388. The molecule has 2 aromatic heterocycles. The number of hydrogen-bond acceptors (Lipinski definition) is 5. The van der Waals surface area contributed by atoms with Crippen molar-refractivity contribution in [2.24, 2.45) is 0 Å². The van der Waals surface area contributed by atoms with Gasteiger partial charge in [0.1, 0.15) is 17.1 Å². The van der Waals surface area contributed by atoms with Gasteiger partial charge in [0.25, 0.3) is 0 Å². The van der Waals surface area contributed by atoms with Crippen molar-refractivity contribution in [2.75, 3.05) is 18.0 Å². The normalized spacial score (nSPS) is 19.2. The lowest BCUT2D eigenvalue weighted by molar-refractivity contribution is 0.0695. The van der Waals surface area contributed by atoms with E-state index in [1.807, 2.05) is 0 Å². The topological polar surface area (TPSA) is 93.2 Å². The van der Waals surface area contributed by atoms with Crippen molar-refractivity contribution in [3.8, 4) is 0 Å². The Hall–Kier alpha value is -3.30. The predicted molar refractivity (Wildman–Crippen MR) is 99.2 cm³/mol. The second kappa shape index (κ2) is 6.36. The van der Waals surface area contributed by atoms with Crippen molar-refractivity contribution >= 4 is 22.6 Å². The summed E-state index contributed by atoms with van der Waals surface area (Å²) in [6.07, 6.45) is 6.58. The number of nitrogens with zero attached hydrogens (tertiary/aromatic N) is 5. The van der Waals surface area contributed by atoms with Gasteiger partial charge in [0.2, 0.25) is 5.43 Å². The molecule has 0 spiro atoms. The van der Waals surface area contributed by atoms with Crippen molar-refractivity contribution in [1.29, 1.82) is 0 Å². The van der Waals surface area contributed by atoms with Crippen LogP contribution in [-0.2, 0) is 0 Å². The lowest BCUT2D eigenvalue weighted by Gasteiger charge is -2.22. The van der Waals surface area contributed by atoms with Crippen LogP contribution in [0.3, 0.4) is 0 Å². The number of carboxylic acids is 1. The number of fused-ring (bicyclic) bond motifs is 1. The molecule has 10 heteroatoms. The largest absolute Gasteiger partial charge is 0.477 e. The SMILES string of the molecule is O=C(O)c1cn(C2CC2)c2c(F)c(N3CCC(n4ccnn4)C3)c(F)cc2c1=O. The molecule has 1 saturated carbocycles. The Labute approximate surface area is 163 Å². The maximum atomic E-state index is 15.6. The third-order valence-corrected chi connectivity index (χ3v) is 5.65. The Bertz CT molecular complexity index is 1190. The monoisotopic (exact) mass is 401 g/mol. The van der Waals surface area contributed by atoms with Crippen LogP contribution < -0.4 is 10.3 Å². The van der Waals surface area contributed by atoms with Gasteiger partial charge in [-0.25, -0.2) is 18.3 Å². The lowest BCUT2D eigenvalue weighted by Crippen LogP contribution is -2.25. The molecule has 29 heavy (non-hydrogen) atoms. The molecule has 3 heterocycles. The van der Waals surface area contributed by atoms with E-state index in [1.165, 1.54) is 10.8 Å². The summed E-state index contributed by atoms with van der Waals surface area (Å²) in [7, 11) is 0. The molecule has 1 atom stereocenters. The molecule has 3 aromatic rings. The van der Waals surface area contributed by atoms with E-state index in [0.29, 0.717) is 19.5 Å². The quantitative estimate of drug-likeness (QED) is 0.722. The van der Waals surface area contributed by atoms with E-state index < -0.39 is 28.6 Å². The highest BCUT2D eigenvalue weighted by Gasteiger charge is 2.33. The molecule has 2 fully saturated rings. The Morgan fingerprint density at radius 1 is 1.21 bits per heavy atom. The van der Waals surface area contributed by atoms with E-state index in [2.05, 4.69) is 10.3 Å². The third-order valence-electron chi connectivity index (χ3n) is 5.65. The second-order valence-corrected chi connectivity index (χ2v) is 7.50. The highest BCUT2D eigenvalue weighted by molar-refractivity contribution is 5.94. The second-order valence-electron chi connectivity index (χ2n) is 7.50. The molecule has 0 amide bonds. The number of hydrogen-bond donors (Lipinski definition) is 1. The van der Waals surface area contributed by atoms with E-state index in [1.54, 1.807) is 22.0 Å². The van der Waals surface area contributed by atoms with E-state index >= 15 is 4.39 Å². The number of aromatic carboxylic acids is 1. The molecule has 5 rings (SSSR count). The molecular formula is C19H17F2N5O3. The van der Waals surface area contributed by atoms with Gasteiger partial charge in [-0.05, 0) is 25.3 Å². The minimum atomic E-state index is -1.41. The molecule has 1 aliphatic heterocycles. The van der Waals surface area contributed by atoms with Crippen LogP contribution in [0.25, 0.3) is 10.9 Å². The molecule has 150 valence electrons. The molecule has 8 nitrogen and oxygen atoms in total. The molecule has 1 saturated heterocycles. The zero-order chi connectivity index (χ0) is 20.3. The van der Waals surface area contributed by atoms with Crippen molar-refractivity contribution < 1.29 is 18.7 Å². The number of benzene rings is 1. The van der Waals surface area contributed by atoms with E-state index in [9.17, 15) is 19.1 Å². The number of carboxylic acid groups (broad SMARTS) is 1. The van der Waals surface area contributed by atoms with Gasteiger partial charge in [0.15, 0.2) is 5.82 Å². The fraction of sp³-hybridized carbons (Fsp3) is 0.368. The first-order valence-electron chi connectivity index (χ1n) is 9.36. The van der Waals surface area contributed by atoms with E-state index in [-0.39, 0.29) is 28.7 Å². The van der Waals surface area contributed by atoms with Gasteiger partial charge in [-0.15, -0.1) is 5.10 Å². The van der Waals surface area contributed by atoms with Crippen molar-refractivity contribution in [1.82, 2.24) is 19.6 Å². The summed E-state index contributed by atoms with van der Waals surface area (Å²) in [6.45, 7) is 0.772. The van der Waals surface area contributed by atoms with Crippen LogP contribution in [0.2, 0.25) is 0 Å². The highest BCUT2D eigenvalue weighted by atomic mass is 19.1. The van der Waals surface area contributed by atoms with Crippen LogP contribution in [0.15, 0.2) is 29.5 Å². The molecule has 1 N–H and O–H groups in total. The zero-order valence-electron chi connectivity index (χ0n) is 15.3. The van der Waals surface area contributed by atoms with Crippen molar-refractivity contribution in [3.63, 3.8) is 0 Å². The van der Waals surface area contributed by atoms with Gasteiger partial charge in [0, 0.05) is 31.5 Å². The van der Waals surface area contributed by atoms with Crippen LogP contribution in [0.5, 0.6) is 0 Å². The summed E-state index contributed by atoms with van der Waals surface area (Å²) in [5.74, 6) is -3.12. The summed E-state index contributed by atoms with van der Waals surface area (Å²) in [4.78, 5) is 25.6. The Morgan fingerprint density at radius 3 is 2.66 bits per heavy atom. The van der Waals surface area contributed by atoms with Crippen LogP contribution in [0, 0.1) is 11.6 Å². The Morgan fingerprint density at radius 2 is 2.00 bits per heavy atom. The molecule has 1 aromatic carbocycles. The maximum Gasteiger partial charge on any atom is 0.341 e. The molecule has 0 radical (unpaired) electrons. The average Bonchev–Trinajstić information content (AvgIpc) is 3.16. The van der Waals surface area contributed by atoms with E-state index in [0.717, 1.165) is 18.9 Å². The summed E-state index contributed by atoms with van der Waals surface area (Å²) >= 11 is 0. The molecular weight excluding hydrogens is 384 g/mol. The number of aromatic nitrogens is 4. The van der Waals surface area contributed by atoms with Gasteiger partial charge in [0.05, 0.1) is 23.1 Å². The van der Waals surface area contributed by atoms with Crippen LogP contribution in [0.1, 0.15) is 41.7 Å². The smallest absolute Gasteiger partial charge is 0.341 e. The number of halogens is 2. The molecule has 0 bridgehead atoms. The van der Waals surface area contributed by atoms with Crippen molar-refractivity contribution in [3.05, 3.63) is 52.1 Å². The number of anilines is 1. The number of pyridine rings is 1. The highest BCUT2D eigenvalue weighted by Crippen LogP contribution is 2.40. The van der Waals surface area contributed by atoms with Gasteiger partial charge < -0.3 is 14.6 Å². The first-order valence-corrected chi connectivity index (χ1v) is 9.36.